The molecule has 1 N–H and O–H groups in total. The minimum absolute atomic E-state index is 0.0410. The number of rotatable bonds is 8. The van der Waals surface area contributed by atoms with Gasteiger partial charge in [-0.1, -0.05) is 48.9 Å². The third kappa shape index (κ3) is 4.67. The summed E-state index contributed by atoms with van der Waals surface area (Å²) in [5.41, 5.74) is 1.83. The van der Waals surface area contributed by atoms with Crippen molar-refractivity contribution in [3.8, 4) is 0 Å². The lowest BCUT2D eigenvalue weighted by Crippen LogP contribution is -2.51. The van der Waals surface area contributed by atoms with E-state index in [1.807, 2.05) is 38.1 Å². The highest BCUT2D eigenvalue weighted by molar-refractivity contribution is 7.90. The van der Waals surface area contributed by atoms with Crippen molar-refractivity contribution in [3.63, 3.8) is 0 Å². The summed E-state index contributed by atoms with van der Waals surface area (Å²) in [6, 6.07) is 12.5. The molecule has 1 aliphatic rings. The van der Waals surface area contributed by atoms with E-state index in [4.69, 9.17) is 0 Å². The molecule has 0 bridgehead atoms. The van der Waals surface area contributed by atoms with Crippen LogP contribution in [0.25, 0.3) is 0 Å². The quantitative estimate of drug-likeness (QED) is 0.654. The highest BCUT2D eigenvalue weighted by atomic mass is 32.2. The molecule has 0 radical (unpaired) electrons. The van der Waals surface area contributed by atoms with Gasteiger partial charge in [-0.25, -0.2) is 12.7 Å². The van der Waals surface area contributed by atoms with Gasteiger partial charge in [-0.05, 0) is 38.0 Å². The van der Waals surface area contributed by atoms with Crippen LogP contribution in [0.5, 0.6) is 0 Å². The molecule has 1 aliphatic heterocycles. The monoisotopic (exact) mass is 457 g/mol. The van der Waals surface area contributed by atoms with Crippen LogP contribution in [0, 0.1) is 6.92 Å². The minimum Gasteiger partial charge on any atom is -0.354 e. The maximum Gasteiger partial charge on any atom is 0.269 e. The van der Waals surface area contributed by atoms with Crippen molar-refractivity contribution >= 4 is 27.7 Å². The summed E-state index contributed by atoms with van der Waals surface area (Å²) < 4.78 is 26.3. The van der Waals surface area contributed by atoms with Crippen LogP contribution in [0.1, 0.15) is 41.8 Å². The van der Waals surface area contributed by atoms with Gasteiger partial charge in [-0.3, -0.25) is 14.4 Å². The molecule has 0 saturated heterocycles. The highest BCUT2D eigenvalue weighted by Gasteiger charge is 2.43. The van der Waals surface area contributed by atoms with E-state index in [0.717, 1.165) is 17.5 Å². The van der Waals surface area contributed by atoms with E-state index in [2.05, 4.69) is 5.32 Å². The second-order valence-corrected chi connectivity index (χ2v) is 9.62. The lowest BCUT2D eigenvalue weighted by atomic mass is 10.1. The van der Waals surface area contributed by atoms with Gasteiger partial charge in [0.05, 0.1) is 5.56 Å². The maximum atomic E-state index is 13.3. The number of aryl methyl sites for hydroxylation is 1. The summed E-state index contributed by atoms with van der Waals surface area (Å²) in [4.78, 5) is 39.8. The lowest BCUT2D eigenvalue weighted by molar-refractivity contribution is -0.140. The van der Waals surface area contributed by atoms with E-state index < -0.39 is 34.4 Å². The van der Waals surface area contributed by atoms with Crippen LogP contribution >= 0.6 is 0 Å². The van der Waals surface area contributed by atoms with Crippen LogP contribution in [-0.2, 0) is 26.2 Å². The number of nitrogens with zero attached hydrogens (tertiary/aromatic N) is 2. The van der Waals surface area contributed by atoms with Gasteiger partial charge in [0.15, 0.2) is 0 Å². The molecule has 3 amide bonds. The van der Waals surface area contributed by atoms with Crippen molar-refractivity contribution in [2.45, 2.75) is 44.7 Å². The first kappa shape index (κ1) is 23.5. The molecule has 0 spiro atoms. The zero-order chi connectivity index (χ0) is 23.5. The Balaban J connectivity index is 1.88. The predicted molar refractivity (Wildman–Crippen MR) is 119 cm³/mol. The molecule has 0 saturated carbocycles. The van der Waals surface area contributed by atoms with Gasteiger partial charge in [-0.2, -0.15) is 0 Å². The summed E-state index contributed by atoms with van der Waals surface area (Å²) in [7, 11) is -4.13. The average Bonchev–Trinajstić information content (AvgIpc) is 2.96. The van der Waals surface area contributed by atoms with Crippen LogP contribution in [0.4, 0.5) is 0 Å². The van der Waals surface area contributed by atoms with Crippen molar-refractivity contribution in [2.24, 2.45) is 0 Å². The Morgan fingerprint density at radius 3 is 2.50 bits per heavy atom. The smallest absolute Gasteiger partial charge is 0.269 e. The number of hydrogen-bond donors (Lipinski definition) is 1. The summed E-state index contributed by atoms with van der Waals surface area (Å²) >= 11 is 0. The molecular weight excluding hydrogens is 430 g/mol. The SMILES string of the molecule is CCCNC(=O)[C@H](C)N(Cc1cccc(C)c1)C(=O)CN1C(=O)c2ccccc2S1(=O)=O. The molecule has 0 aromatic heterocycles. The van der Waals surface area contributed by atoms with E-state index >= 15 is 0 Å². The Morgan fingerprint density at radius 1 is 1.12 bits per heavy atom. The van der Waals surface area contributed by atoms with Gasteiger partial charge in [0.25, 0.3) is 15.9 Å². The first-order valence-electron chi connectivity index (χ1n) is 10.5. The van der Waals surface area contributed by atoms with E-state index in [1.54, 1.807) is 13.0 Å². The largest absolute Gasteiger partial charge is 0.354 e. The summed E-state index contributed by atoms with van der Waals surface area (Å²) in [6.07, 6.45) is 0.739. The Morgan fingerprint density at radius 2 is 1.84 bits per heavy atom. The van der Waals surface area contributed by atoms with Crippen molar-refractivity contribution in [1.82, 2.24) is 14.5 Å². The number of sulfonamides is 1. The van der Waals surface area contributed by atoms with Crippen molar-refractivity contribution < 1.29 is 22.8 Å². The number of carbonyl (C=O) groups excluding carboxylic acids is 3. The fourth-order valence-electron chi connectivity index (χ4n) is 3.59. The summed E-state index contributed by atoms with van der Waals surface area (Å²) in [6.45, 7) is 5.32. The van der Waals surface area contributed by atoms with E-state index in [1.165, 1.54) is 23.1 Å². The number of carbonyl (C=O) groups is 3. The number of amides is 3. The van der Waals surface area contributed by atoms with E-state index in [0.29, 0.717) is 10.8 Å². The van der Waals surface area contributed by atoms with Gasteiger partial charge in [-0.15, -0.1) is 0 Å². The van der Waals surface area contributed by atoms with Gasteiger partial charge in [0, 0.05) is 13.1 Å². The zero-order valence-corrected chi connectivity index (χ0v) is 19.2. The summed E-state index contributed by atoms with van der Waals surface area (Å²) in [5, 5.41) is 2.77. The molecule has 0 aliphatic carbocycles. The molecule has 0 fully saturated rings. The van der Waals surface area contributed by atoms with Crippen LogP contribution in [-0.4, -0.2) is 54.5 Å². The fourth-order valence-corrected chi connectivity index (χ4v) is 5.10. The van der Waals surface area contributed by atoms with Crippen molar-refractivity contribution in [2.75, 3.05) is 13.1 Å². The maximum absolute atomic E-state index is 13.3. The average molecular weight is 458 g/mol. The van der Waals surface area contributed by atoms with Crippen molar-refractivity contribution in [3.05, 3.63) is 65.2 Å². The van der Waals surface area contributed by atoms with E-state index in [9.17, 15) is 22.8 Å². The molecule has 1 heterocycles. The molecule has 2 aromatic carbocycles. The molecule has 9 heteroatoms. The first-order valence-corrected chi connectivity index (χ1v) is 11.9. The van der Waals surface area contributed by atoms with Gasteiger partial charge in [0.2, 0.25) is 11.8 Å². The number of fused-ring (bicyclic) bond motifs is 1. The van der Waals surface area contributed by atoms with Crippen LogP contribution < -0.4 is 5.32 Å². The van der Waals surface area contributed by atoms with Crippen molar-refractivity contribution in [1.29, 1.82) is 0 Å². The molecular formula is C23H27N3O5S. The van der Waals surface area contributed by atoms with E-state index in [-0.39, 0.29) is 22.9 Å². The van der Waals surface area contributed by atoms with Crippen LogP contribution in [0.2, 0.25) is 0 Å². The molecule has 0 unspecified atom stereocenters. The molecule has 3 rings (SSSR count). The normalized spacial score (nSPS) is 15.2. The Kier molecular flexibility index (Phi) is 6.98. The number of nitrogens with one attached hydrogen (secondary N) is 1. The number of hydrogen-bond acceptors (Lipinski definition) is 5. The molecule has 8 nitrogen and oxygen atoms in total. The van der Waals surface area contributed by atoms with Gasteiger partial charge < -0.3 is 10.2 Å². The zero-order valence-electron chi connectivity index (χ0n) is 18.4. The second-order valence-electron chi connectivity index (χ2n) is 7.79. The number of benzene rings is 2. The Labute approximate surface area is 188 Å². The third-order valence-corrected chi connectivity index (χ3v) is 7.13. The Hall–Kier alpha value is -3.20. The lowest BCUT2D eigenvalue weighted by Gasteiger charge is -2.30. The standard InChI is InChI=1S/C23H27N3O5S/c1-4-12-24-22(28)17(3)25(14-18-9-7-8-16(2)13-18)21(27)15-26-23(29)19-10-5-6-11-20(19)32(26,30)31/h5-11,13,17H,4,12,14-15H2,1-3H3,(H,24,28)/t17-/m0/s1. The molecule has 1 atom stereocenters. The fraction of sp³-hybridized carbons (Fsp3) is 0.348. The second kappa shape index (κ2) is 9.52. The molecule has 32 heavy (non-hydrogen) atoms. The van der Waals surface area contributed by atoms with Crippen LogP contribution in [0.15, 0.2) is 53.4 Å². The van der Waals surface area contributed by atoms with Gasteiger partial charge in [0.1, 0.15) is 17.5 Å². The summed E-state index contributed by atoms with van der Waals surface area (Å²) in [5.74, 6) is -1.71. The van der Waals surface area contributed by atoms with Gasteiger partial charge >= 0.3 is 0 Å². The highest BCUT2D eigenvalue weighted by Crippen LogP contribution is 2.30. The topological polar surface area (TPSA) is 104 Å². The minimum atomic E-state index is -4.13. The third-order valence-electron chi connectivity index (χ3n) is 5.34. The van der Waals surface area contributed by atoms with Crippen LogP contribution in [0.3, 0.4) is 0 Å². The first-order chi connectivity index (χ1) is 15.2. The predicted octanol–water partition coefficient (Wildman–Crippen LogP) is 2.08. The molecule has 2 aromatic rings. The Bertz CT molecular complexity index is 1150. The molecule has 170 valence electrons.